The van der Waals surface area contributed by atoms with Crippen LogP contribution in [0.25, 0.3) is 0 Å². The van der Waals surface area contributed by atoms with Crippen molar-refractivity contribution in [1.82, 2.24) is 4.98 Å². The highest BCUT2D eigenvalue weighted by Gasteiger charge is 2.34. The molecule has 8 heteroatoms. The van der Waals surface area contributed by atoms with E-state index in [4.69, 9.17) is 0 Å². The summed E-state index contributed by atoms with van der Waals surface area (Å²) in [7, 11) is 0. The molecule has 0 aliphatic heterocycles. The van der Waals surface area contributed by atoms with E-state index in [2.05, 4.69) is 9.72 Å². The normalized spacial score (nSPS) is 11.7. The summed E-state index contributed by atoms with van der Waals surface area (Å²) in [5.41, 5.74) is -3.19. The first-order valence-electron chi connectivity index (χ1n) is 4.79. The first kappa shape index (κ1) is 14.3. The van der Waals surface area contributed by atoms with E-state index >= 15 is 0 Å². The number of hydrogen-bond acceptors (Lipinski definition) is 3. The lowest BCUT2D eigenvalue weighted by Crippen LogP contribution is -2.14. The summed E-state index contributed by atoms with van der Waals surface area (Å²) < 4.78 is 66.5. The molecule has 0 aliphatic rings. The molecule has 100 valence electrons. The van der Waals surface area contributed by atoms with Crippen LogP contribution >= 0.6 is 0 Å². The molecule has 3 nitrogen and oxygen atoms in total. The van der Waals surface area contributed by atoms with Gasteiger partial charge in [-0.25, -0.2) is 13.6 Å². The summed E-state index contributed by atoms with van der Waals surface area (Å²) in [5.74, 6) is -1.13. The maximum Gasteiger partial charge on any atom is 0.433 e. The molecule has 0 N–H and O–H groups in total. The third-order valence-corrected chi connectivity index (χ3v) is 1.96. The Morgan fingerprint density at radius 2 is 2.06 bits per heavy atom. The fourth-order valence-corrected chi connectivity index (χ4v) is 1.19. The molecule has 0 spiro atoms. The number of halogens is 5. The largest absolute Gasteiger partial charge is 0.462 e. The standard InChI is InChI=1S/C10H8F5NO2/c1-2-18-9(17)6-4-16-7(10(13,14)15)3-5(6)8(11)12/h3-4,8H,2H2,1H3. The zero-order chi connectivity index (χ0) is 13.9. The number of carbonyl (C=O) groups excluding carboxylic acids is 1. The Bertz CT molecular complexity index is 444. The van der Waals surface area contributed by atoms with Crippen LogP contribution in [-0.2, 0) is 10.9 Å². The Labute approximate surface area is 98.6 Å². The Kier molecular flexibility index (Phi) is 4.20. The first-order valence-corrected chi connectivity index (χ1v) is 4.79. The van der Waals surface area contributed by atoms with Crippen molar-refractivity contribution in [2.24, 2.45) is 0 Å². The number of hydrogen-bond donors (Lipinski definition) is 0. The van der Waals surface area contributed by atoms with Crippen LogP contribution in [0, 0.1) is 0 Å². The van der Waals surface area contributed by atoms with Gasteiger partial charge in [0.25, 0.3) is 6.43 Å². The molecule has 0 saturated carbocycles. The minimum absolute atomic E-state index is 0.0808. The average molecular weight is 269 g/mol. The number of rotatable bonds is 3. The van der Waals surface area contributed by atoms with Gasteiger partial charge in [-0.2, -0.15) is 13.2 Å². The fourth-order valence-electron chi connectivity index (χ4n) is 1.19. The van der Waals surface area contributed by atoms with Gasteiger partial charge in [0.15, 0.2) is 0 Å². The van der Waals surface area contributed by atoms with Crippen LogP contribution in [0.3, 0.4) is 0 Å². The average Bonchev–Trinajstić information content (AvgIpc) is 2.27. The molecule has 0 saturated heterocycles. The minimum atomic E-state index is -4.85. The predicted molar refractivity (Wildman–Crippen MR) is 50.2 cm³/mol. The molecule has 0 amide bonds. The highest BCUT2D eigenvalue weighted by Crippen LogP contribution is 2.32. The molecule has 0 aromatic carbocycles. The number of ether oxygens (including phenoxy) is 1. The zero-order valence-corrected chi connectivity index (χ0v) is 9.09. The summed E-state index contributed by atoms with van der Waals surface area (Å²) in [5, 5.41) is 0. The van der Waals surface area contributed by atoms with Crippen molar-refractivity contribution in [1.29, 1.82) is 0 Å². The van der Waals surface area contributed by atoms with E-state index in [1.807, 2.05) is 0 Å². The Morgan fingerprint density at radius 1 is 1.44 bits per heavy atom. The van der Waals surface area contributed by atoms with Crippen LogP contribution in [0.1, 0.15) is 35.0 Å². The van der Waals surface area contributed by atoms with Gasteiger partial charge in [-0.15, -0.1) is 0 Å². The third kappa shape index (κ3) is 3.14. The van der Waals surface area contributed by atoms with E-state index in [1.165, 1.54) is 6.92 Å². The van der Waals surface area contributed by atoms with Crippen molar-refractivity contribution in [2.45, 2.75) is 19.5 Å². The van der Waals surface area contributed by atoms with Crippen LogP contribution in [-0.4, -0.2) is 17.6 Å². The summed E-state index contributed by atoms with van der Waals surface area (Å²) in [6, 6.07) is 0.150. The van der Waals surface area contributed by atoms with Crippen molar-refractivity contribution >= 4 is 5.97 Å². The molecule has 0 bridgehead atoms. The molecular weight excluding hydrogens is 261 g/mol. The fraction of sp³-hybridized carbons (Fsp3) is 0.400. The second kappa shape index (κ2) is 5.28. The van der Waals surface area contributed by atoms with Gasteiger partial charge < -0.3 is 4.74 Å². The molecule has 18 heavy (non-hydrogen) atoms. The SMILES string of the molecule is CCOC(=O)c1cnc(C(F)(F)F)cc1C(F)F. The minimum Gasteiger partial charge on any atom is -0.462 e. The van der Waals surface area contributed by atoms with Crippen LogP contribution in [0.2, 0.25) is 0 Å². The zero-order valence-electron chi connectivity index (χ0n) is 9.09. The van der Waals surface area contributed by atoms with Gasteiger partial charge in [0.2, 0.25) is 0 Å². The van der Waals surface area contributed by atoms with Crippen molar-refractivity contribution in [3.63, 3.8) is 0 Å². The molecule has 1 rings (SSSR count). The quantitative estimate of drug-likeness (QED) is 0.624. The molecule has 0 aliphatic carbocycles. The lowest BCUT2D eigenvalue weighted by Gasteiger charge is -2.11. The van der Waals surface area contributed by atoms with E-state index in [0.29, 0.717) is 6.20 Å². The Balaban J connectivity index is 3.25. The highest BCUT2D eigenvalue weighted by molar-refractivity contribution is 5.90. The second-order valence-electron chi connectivity index (χ2n) is 3.18. The number of carbonyl (C=O) groups is 1. The van der Waals surface area contributed by atoms with Crippen LogP contribution < -0.4 is 0 Å². The van der Waals surface area contributed by atoms with E-state index in [-0.39, 0.29) is 12.7 Å². The van der Waals surface area contributed by atoms with Gasteiger partial charge in [-0.3, -0.25) is 4.98 Å². The van der Waals surface area contributed by atoms with Gasteiger partial charge >= 0.3 is 12.1 Å². The van der Waals surface area contributed by atoms with Gasteiger partial charge in [0, 0.05) is 11.8 Å². The lowest BCUT2D eigenvalue weighted by atomic mass is 10.1. The summed E-state index contributed by atoms with van der Waals surface area (Å²) >= 11 is 0. The monoisotopic (exact) mass is 269 g/mol. The lowest BCUT2D eigenvalue weighted by molar-refractivity contribution is -0.141. The van der Waals surface area contributed by atoms with Crippen molar-refractivity contribution < 1.29 is 31.5 Å². The number of pyridine rings is 1. The van der Waals surface area contributed by atoms with Gasteiger partial charge in [-0.1, -0.05) is 0 Å². The van der Waals surface area contributed by atoms with E-state index in [1.54, 1.807) is 0 Å². The summed E-state index contributed by atoms with van der Waals surface area (Å²) in [6.07, 6.45) is -7.63. The van der Waals surface area contributed by atoms with E-state index in [9.17, 15) is 26.7 Å². The van der Waals surface area contributed by atoms with Crippen LogP contribution in [0.4, 0.5) is 22.0 Å². The molecule has 1 heterocycles. The van der Waals surface area contributed by atoms with Gasteiger partial charge in [0.05, 0.1) is 12.2 Å². The highest BCUT2D eigenvalue weighted by atomic mass is 19.4. The van der Waals surface area contributed by atoms with Gasteiger partial charge in [0.1, 0.15) is 5.69 Å². The van der Waals surface area contributed by atoms with Crippen molar-refractivity contribution in [2.75, 3.05) is 6.61 Å². The first-order chi connectivity index (χ1) is 8.27. The summed E-state index contributed by atoms with van der Waals surface area (Å²) in [6.45, 7) is 1.36. The third-order valence-electron chi connectivity index (χ3n) is 1.96. The Hall–Kier alpha value is -1.73. The molecule has 0 atom stereocenters. The molecule has 0 fully saturated rings. The number of alkyl halides is 5. The van der Waals surface area contributed by atoms with E-state index in [0.717, 1.165) is 0 Å². The molecular formula is C10H8F5NO2. The smallest absolute Gasteiger partial charge is 0.433 e. The molecule has 1 aromatic heterocycles. The number of aromatic nitrogens is 1. The maximum atomic E-state index is 12.6. The molecule has 1 aromatic rings. The van der Waals surface area contributed by atoms with Crippen LogP contribution in [0.15, 0.2) is 12.3 Å². The molecule has 0 radical (unpaired) electrons. The Morgan fingerprint density at radius 3 is 2.50 bits per heavy atom. The maximum absolute atomic E-state index is 12.6. The number of nitrogens with zero attached hydrogens (tertiary/aromatic N) is 1. The summed E-state index contributed by atoms with van der Waals surface area (Å²) in [4.78, 5) is 14.2. The van der Waals surface area contributed by atoms with E-state index < -0.39 is 35.4 Å². The second-order valence-corrected chi connectivity index (χ2v) is 3.18. The topological polar surface area (TPSA) is 39.2 Å². The number of esters is 1. The predicted octanol–water partition coefficient (Wildman–Crippen LogP) is 3.21. The van der Waals surface area contributed by atoms with Crippen molar-refractivity contribution in [3.8, 4) is 0 Å². The molecule has 0 unspecified atom stereocenters. The van der Waals surface area contributed by atoms with Crippen LogP contribution in [0.5, 0.6) is 0 Å². The van der Waals surface area contributed by atoms with Crippen molar-refractivity contribution in [3.05, 3.63) is 29.1 Å². The van der Waals surface area contributed by atoms with Gasteiger partial charge in [-0.05, 0) is 13.0 Å².